The number of ketones is 1. The zero-order chi connectivity index (χ0) is 12.4. The molecule has 2 atom stereocenters. The van der Waals surface area contributed by atoms with Crippen molar-refractivity contribution in [3.8, 4) is 0 Å². The molecule has 2 fully saturated rings. The second kappa shape index (κ2) is 3.25. The standard InChI is InChI=1S/C11H18Cl2O2Si/c1-9-6-5-7-10(9,15-16(2,3)4)11(12,13)8(9)14/h5-7H2,1-4H3/t9-,10+/m1/s1. The summed E-state index contributed by atoms with van der Waals surface area (Å²) in [6, 6.07) is 0. The van der Waals surface area contributed by atoms with Gasteiger partial charge in [0.05, 0.1) is 5.41 Å². The average molecular weight is 281 g/mol. The Morgan fingerprint density at radius 2 is 1.81 bits per heavy atom. The maximum absolute atomic E-state index is 12.0. The number of alkyl halides is 2. The monoisotopic (exact) mass is 280 g/mol. The van der Waals surface area contributed by atoms with E-state index < -0.39 is 23.7 Å². The first-order valence-electron chi connectivity index (χ1n) is 5.70. The van der Waals surface area contributed by atoms with E-state index in [4.69, 9.17) is 27.6 Å². The Balaban J connectivity index is 2.41. The topological polar surface area (TPSA) is 26.3 Å². The summed E-state index contributed by atoms with van der Waals surface area (Å²) in [4.78, 5) is 12.0. The van der Waals surface area contributed by atoms with Gasteiger partial charge in [0.1, 0.15) is 5.60 Å². The van der Waals surface area contributed by atoms with Crippen LogP contribution in [-0.4, -0.2) is 24.0 Å². The van der Waals surface area contributed by atoms with Gasteiger partial charge in [-0.05, 0) is 45.8 Å². The molecule has 2 nitrogen and oxygen atoms in total. The van der Waals surface area contributed by atoms with Crippen molar-refractivity contribution in [2.75, 3.05) is 0 Å². The third kappa shape index (κ3) is 1.32. The number of carbonyl (C=O) groups excluding carboxylic acids is 1. The van der Waals surface area contributed by atoms with Crippen LogP contribution in [0.25, 0.3) is 0 Å². The summed E-state index contributed by atoms with van der Waals surface area (Å²) in [5.41, 5.74) is -1.10. The van der Waals surface area contributed by atoms with Gasteiger partial charge in [-0.3, -0.25) is 4.79 Å². The minimum Gasteiger partial charge on any atom is -0.408 e. The molecule has 0 N–H and O–H groups in total. The van der Waals surface area contributed by atoms with Gasteiger partial charge < -0.3 is 4.43 Å². The SMILES string of the molecule is C[C@]12CCC[C@@]1(O[Si](C)(C)C)C(Cl)(Cl)C2=O. The van der Waals surface area contributed by atoms with Crippen LogP contribution in [0.1, 0.15) is 26.2 Å². The van der Waals surface area contributed by atoms with Crippen molar-refractivity contribution in [2.24, 2.45) is 5.41 Å². The molecule has 92 valence electrons. The third-order valence-electron chi connectivity index (χ3n) is 3.87. The lowest BCUT2D eigenvalue weighted by Gasteiger charge is -2.61. The van der Waals surface area contributed by atoms with Crippen LogP contribution in [0.15, 0.2) is 0 Å². The van der Waals surface area contributed by atoms with Crippen LogP contribution in [0, 0.1) is 5.41 Å². The van der Waals surface area contributed by atoms with E-state index in [9.17, 15) is 4.79 Å². The number of hydrogen-bond donors (Lipinski definition) is 0. The molecule has 0 aromatic heterocycles. The molecule has 16 heavy (non-hydrogen) atoms. The van der Waals surface area contributed by atoms with Gasteiger partial charge in [-0.2, -0.15) is 0 Å². The summed E-state index contributed by atoms with van der Waals surface area (Å²) in [7, 11) is -1.77. The molecule has 0 amide bonds. The minimum atomic E-state index is -1.77. The van der Waals surface area contributed by atoms with Gasteiger partial charge in [-0.1, -0.05) is 23.2 Å². The zero-order valence-corrected chi connectivity index (χ0v) is 12.7. The molecule has 0 unspecified atom stereocenters. The lowest BCUT2D eigenvalue weighted by Crippen LogP contribution is -2.77. The molecule has 0 aliphatic heterocycles. The first-order chi connectivity index (χ1) is 7.07. The Kier molecular flexibility index (Phi) is 2.62. The van der Waals surface area contributed by atoms with Crippen LogP contribution in [0.5, 0.6) is 0 Å². The van der Waals surface area contributed by atoms with Crippen LogP contribution in [0.3, 0.4) is 0 Å². The predicted molar refractivity (Wildman–Crippen MR) is 68.6 cm³/mol. The molecule has 2 aliphatic rings. The van der Waals surface area contributed by atoms with E-state index in [0.717, 1.165) is 19.3 Å². The number of rotatable bonds is 2. The highest BCUT2D eigenvalue weighted by molar-refractivity contribution is 6.70. The Labute approximate surface area is 108 Å². The fourth-order valence-electron chi connectivity index (χ4n) is 3.19. The largest absolute Gasteiger partial charge is 0.408 e. The molecular formula is C11H18Cl2O2Si. The first kappa shape index (κ1) is 12.9. The van der Waals surface area contributed by atoms with E-state index in [0.29, 0.717) is 0 Å². The van der Waals surface area contributed by atoms with Crippen LogP contribution in [-0.2, 0) is 9.22 Å². The van der Waals surface area contributed by atoms with E-state index in [1.54, 1.807) is 0 Å². The van der Waals surface area contributed by atoms with Crippen molar-refractivity contribution < 1.29 is 9.22 Å². The van der Waals surface area contributed by atoms with Gasteiger partial charge in [-0.15, -0.1) is 0 Å². The third-order valence-corrected chi connectivity index (χ3v) is 5.79. The molecular weight excluding hydrogens is 263 g/mol. The van der Waals surface area contributed by atoms with Gasteiger partial charge in [0.2, 0.25) is 4.33 Å². The van der Waals surface area contributed by atoms with Crippen LogP contribution < -0.4 is 0 Å². The Hall–Kier alpha value is 0.427. The van der Waals surface area contributed by atoms with E-state index in [1.807, 2.05) is 6.92 Å². The smallest absolute Gasteiger partial charge is 0.204 e. The highest BCUT2D eigenvalue weighted by atomic mass is 35.5. The number of halogens is 2. The van der Waals surface area contributed by atoms with Gasteiger partial charge in [-0.25, -0.2) is 0 Å². The highest BCUT2D eigenvalue weighted by Crippen LogP contribution is 2.69. The number of hydrogen-bond acceptors (Lipinski definition) is 2. The molecule has 2 saturated carbocycles. The van der Waals surface area contributed by atoms with Crippen LogP contribution >= 0.6 is 23.2 Å². The average Bonchev–Trinajstić information content (AvgIpc) is 2.40. The minimum absolute atomic E-state index is 0.0564. The maximum atomic E-state index is 12.0. The lowest BCUT2D eigenvalue weighted by molar-refractivity contribution is -0.170. The van der Waals surface area contributed by atoms with Gasteiger partial charge in [0.15, 0.2) is 14.1 Å². The van der Waals surface area contributed by atoms with Crippen molar-refractivity contribution in [2.45, 2.75) is 55.8 Å². The first-order valence-corrected chi connectivity index (χ1v) is 9.86. The number of Topliss-reactive ketones (excluding diaryl/α,β-unsaturated/α-hetero) is 1. The molecule has 5 heteroatoms. The zero-order valence-electron chi connectivity index (χ0n) is 10.2. The second-order valence-corrected chi connectivity index (χ2v) is 11.9. The maximum Gasteiger partial charge on any atom is 0.204 e. The van der Waals surface area contributed by atoms with Crippen molar-refractivity contribution >= 4 is 37.3 Å². The Morgan fingerprint density at radius 3 is 2.31 bits per heavy atom. The Bertz CT molecular complexity index is 350. The summed E-state index contributed by atoms with van der Waals surface area (Å²) >= 11 is 12.4. The molecule has 0 bridgehead atoms. The van der Waals surface area contributed by atoms with Crippen LogP contribution in [0.2, 0.25) is 19.6 Å². The summed E-state index contributed by atoms with van der Waals surface area (Å²) in [6.45, 7) is 8.26. The van der Waals surface area contributed by atoms with Gasteiger partial charge in [0.25, 0.3) is 0 Å². The summed E-state index contributed by atoms with van der Waals surface area (Å²) in [5, 5.41) is 0. The van der Waals surface area contributed by atoms with Crippen molar-refractivity contribution in [3.63, 3.8) is 0 Å². The van der Waals surface area contributed by atoms with E-state index >= 15 is 0 Å². The second-order valence-electron chi connectivity index (χ2n) is 6.13. The van der Waals surface area contributed by atoms with Crippen molar-refractivity contribution in [1.82, 2.24) is 0 Å². The van der Waals surface area contributed by atoms with Crippen LogP contribution in [0.4, 0.5) is 0 Å². The molecule has 0 aromatic rings. The molecule has 0 spiro atoms. The fraction of sp³-hybridized carbons (Fsp3) is 0.909. The number of carbonyl (C=O) groups is 1. The van der Waals surface area contributed by atoms with E-state index in [-0.39, 0.29) is 5.78 Å². The highest BCUT2D eigenvalue weighted by Gasteiger charge is 2.80. The van der Waals surface area contributed by atoms with Crippen molar-refractivity contribution in [3.05, 3.63) is 0 Å². The van der Waals surface area contributed by atoms with Gasteiger partial charge >= 0.3 is 0 Å². The quantitative estimate of drug-likeness (QED) is 0.572. The predicted octanol–water partition coefficient (Wildman–Crippen LogP) is 3.52. The van der Waals surface area contributed by atoms with E-state index in [2.05, 4.69) is 19.6 Å². The number of fused-ring (bicyclic) bond motifs is 1. The molecule has 0 heterocycles. The molecule has 2 rings (SSSR count). The Morgan fingerprint density at radius 1 is 1.25 bits per heavy atom. The lowest BCUT2D eigenvalue weighted by atomic mass is 9.58. The fourth-order valence-corrected chi connectivity index (χ4v) is 5.94. The molecule has 0 saturated heterocycles. The molecule has 0 aromatic carbocycles. The summed E-state index contributed by atoms with van der Waals surface area (Å²) in [6.07, 6.45) is 2.61. The summed E-state index contributed by atoms with van der Waals surface area (Å²) < 4.78 is 4.89. The summed E-state index contributed by atoms with van der Waals surface area (Å²) in [5.74, 6) is -0.0564. The van der Waals surface area contributed by atoms with E-state index in [1.165, 1.54) is 0 Å². The normalized spacial score (nSPS) is 41.8. The molecule has 2 aliphatic carbocycles. The molecule has 0 radical (unpaired) electrons. The van der Waals surface area contributed by atoms with Gasteiger partial charge in [0, 0.05) is 0 Å². The van der Waals surface area contributed by atoms with Crippen molar-refractivity contribution in [1.29, 1.82) is 0 Å².